The number of nitrogens with zero attached hydrogens (tertiary/aromatic N) is 7. The fourth-order valence-corrected chi connectivity index (χ4v) is 2.50. The fraction of sp³-hybridized carbons (Fsp3) is 0.176. The molecule has 4 aromatic rings. The summed E-state index contributed by atoms with van der Waals surface area (Å²) in [5.74, 6) is 2.94. The zero-order valence-electron chi connectivity index (χ0n) is 14.2. The van der Waals surface area contributed by atoms with E-state index in [1.165, 1.54) is 0 Å². The van der Waals surface area contributed by atoms with Gasteiger partial charge in [-0.15, -0.1) is 10.2 Å². The molecule has 4 rings (SSSR count). The summed E-state index contributed by atoms with van der Waals surface area (Å²) in [5.41, 5.74) is 1.62. The maximum atomic E-state index is 4.48. The molecule has 0 atom stereocenters. The van der Waals surface area contributed by atoms with Crippen molar-refractivity contribution in [3.8, 4) is 22.9 Å². The third-order valence-electron chi connectivity index (χ3n) is 3.83. The third-order valence-corrected chi connectivity index (χ3v) is 3.83. The summed E-state index contributed by atoms with van der Waals surface area (Å²) in [5, 5.41) is 18.8. The number of hydrogen-bond acceptors (Lipinski definition) is 7. The lowest BCUT2D eigenvalue weighted by Crippen LogP contribution is -2.08. The van der Waals surface area contributed by atoms with Crippen molar-refractivity contribution >= 4 is 5.82 Å². The topological polar surface area (TPSA) is 110 Å². The average Bonchev–Trinajstić information content (AvgIpc) is 3.32. The molecular formula is C17H17N9. The molecule has 9 heteroatoms. The minimum absolute atomic E-state index is 0.646. The van der Waals surface area contributed by atoms with Gasteiger partial charge in [-0.1, -0.05) is 0 Å². The number of aryl methyl sites for hydroxylation is 1. The van der Waals surface area contributed by atoms with Gasteiger partial charge in [-0.2, -0.15) is 5.10 Å². The molecule has 2 N–H and O–H groups in total. The first-order chi connectivity index (χ1) is 12.8. The molecule has 0 saturated carbocycles. The maximum absolute atomic E-state index is 4.48. The summed E-state index contributed by atoms with van der Waals surface area (Å²) in [4.78, 5) is 12.8. The van der Waals surface area contributed by atoms with E-state index in [0.29, 0.717) is 24.6 Å². The fourth-order valence-electron chi connectivity index (χ4n) is 2.50. The molecule has 0 saturated heterocycles. The van der Waals surface area contributed by atoms with Gasteiger partial charge >= 0.3 is 0 Å². The first-order valence-corrected chi connectivity index (χ1v) is 8.16. The van der Waals surface area contributed by atoms with Crippen LogP contribution in [0.1, 0.15) is 5.82 Å². The second-order valence-corrected chi connectivity index (χ2v) is 5.69. The van der Waals surface area contributed by atoms with Gasteiger partial charge in [0.05, 0.1) is 0 Å². The van der Waals surface area contributed by atoms with Gasteiger partial charge in [0.15, 0.2) is 11.6 Å². The Morgan fingerprint density at radius 2 is 2.12 bits per heavy atom. The Morgan fingerprint density at radius 1 is 1.15 bits per heavy atom. The molecule has 4 heterocycles. The largest absolute Gasteiger partial charge is 0.368 e. The number of anilines is 1. The number of aromatic amines is 1. The van der Waals surface area contributed by atoms with E-state index < -0.39 is 0 Å². The van der Waals surface area contributed by atoms with Crippen molar-refractivity contribution in [3.63, 3.8) is 0 Å². The van der Waals surface area contributed by atoms with Gasteiger partial charge in [-0.05, 0) is 24.3 Å². The molecule has 0 radical (unpaired) electrons. The minimum Gasteiger partial charge on any atom is -0.368 e. The zero-order chi connectivity index (χ0) is 17.8. The van der Waals surface area contributed by atoms with Crippen LogP contribution in [0.5, 0.6) is 0 Å². The molecule has 4 aromatic heterocycles. The highest BCUT2D eigenvalue weighted by molar-refractivity contribution is 5.52. The SMILES string of the molecule is Cn1ccnc1-c1ccc(NCCc2nc(-c3cccnc3)n[nH]2)nn1. The van der Waals surface area contributed by atoms with Crippen LogP contribution >= 0.6 is 0 Å². The number of imidazole rings is 1. The van der Waals surface area contributed by atoms with E-state index in [0.717, 1.165) is 22.9 Å². The summed E-state index contributed by atoms with van der Waals surface area (Å²) in [6, 6.07) is 7.57. The highest BCUT2D eigenvalue weighted by Gasteiger charge is 2.07. The smallest absolute Gasteiger partial charge is 0.182 e. The van der Waals surface area contributed by atoms with Gasteiger partial charge in [-0.3, -0.25) is 10.1 Å². The first kappa shape index (κ1) is 15.9. The van der Waals surface area contributed by atoms with Crippen LogP contribution in [-0.2, 0) is 13.5 Å². The van der Waals surface area contributed by atoms with E-state index in [4.69, 9.17) is 0 Å². The molecule has 0 spiro atoms. The second kappa shape index (κ2) is 7.09. The van der Waals surface area contributed by atoms with Crippen molar-refractivity contribution in [2.24, 2.45) is 7.05 Å². The Labute approximate surface area is 149 Å². The molecule has 0 aliphatic carbocycles. The molecule has 9 nitrogen and oxygen atoms in total. The predicted molar refractivity (Wildman–Crippen MR) is 96.0 cm³/mol. The number of pyridine rings is 1. The standard InChI is InChI=1S/C17H17N9/c1-26-10-9-20-17(26)13-4-5-14(23-22-13)19-8-6-15-21-16(25-24-15)12-3-2-7-18-11-12/h2-5,7,9-11H,6,8H2,1H3,(H,19,23)(H,21,24,25). The number of hydrogen-bond donors (Lipinski definition) is 2. The first-order valence-electron chi connectivity index (χ1n) is 8.16. The van der Waals surface area contributed by atoms with Crippen LogP contribution in [0.4, 0.5) is 5.82 Å². The van der Waals surface area contributed by atoms with Gasteiger partial charge < -0.3 is 9.88 Å². The van der Waals surface area contributed by atoms with Crippen LogP contribution in [0.25, 0.3) is 22.9 Å². The summed E-state index contributed by atoms with van der Waals surface area (Å²) in [7, 11) is 1.92. The molecule has 26 heavy (non-hydrogen) atoms. The van der Waals surface area contributed by atoms with Crippen LogP contribution in [0, 0.1) is 0 Å². The molecule has 0 aliphatic rings. The van der Waals surface area contributed by atoms with Crippen molar-refractivity contribution < 1.29 is 0 Å². The van der Waals surface area contributed by atoms with Crippen molar-refractivity contribution in [2.45, 2.75) is 6.42 Å². The lowest BCUT2D eigenvalue weighted by molar-refractivity contribution is 0.883. The van der Waals surface area contributed by atoms with Gasteiger partial charge in [0.2, 0.25) is 0 Å². The second-order valence-electron chi connectivity index (χ2n) is 5.69. The molecule has 0 bridgehead atoms. The Kier molecular flexibility index (Phi) is 4.33. The summed E-state index contributed by atoms with van der Waals surface area (Å²) < 4.78 is 1.90. The lowest BCUT2D eigenvalue weighted by atomic mass is 10.3. The van der Waals surface area contributed by atoms with Gasteiger partial charge in [0, 0.05) is 50.4 Å². The number of H-pyrrole nitrogens is 1. The van der Waals surface area contributed by atoms with Crippen LogP contribution in [-0.4, -0.2) is 46.5 Å². The monoisotopic (exact) mass is 347 g/mol. The van der Waals surface area contributed by atoms with E-state index in [1.54, 1.807) is 18.6 Å². The normalized spacial score (nSPS) is 10.8. The zero-order valence-corrected chi connectivity index (χ0v) is 14.2. The summed E-state index contributed by atoms with van der Waals surface area (Å²) in [6.45, 7) is 0.665. The Hall–Kier alpha value is -3.62. The van der Waals surface area contributed by atoms with Crippen molar-refractivity contribution in [1.82, 2.24) is 39.9 Å². The van der Waals surface area contributed by atoms with Crippen molar-refractivity contribution in [3.05, 3.63) is 54.9 Å². The number of aromatic nitrogens is 8. The quantitative estimate of drug-likeness (QED) is 0.546. The maximum Gasteiger partial charge on any atom is 0.182 e. The minimum atomic E-state index is 0.646. The van der Waals surface area contributed by atoms with Crippen LogP contribution in [0.3, 0.4) is 0 Å². The lowest BCUT2D eigenvalue weighted by Gasteiger charge is -2.04. The Balaban J connectivity index is 1.34. The molecule has 0 fully saturated rings. The van der Waals surface area contributed by atoms with E-state index in [2.05, 4.69) is 40.7 Å². The highest BCUT2D eigenvalue weighted by Crippen LogP contribution is 2.14. The molecule has 0 unspecified atom stereocenters. The van der Waals surface area contributed by atoms with Gasteiger partial charge in [-0.25, -0.2) is 9.97 Å². The third kappa shape index (κ3) is 3.41. The predicted octanol–water partition coefficient (Wildman–Crippen LogP) is 1.71. The van der Waals surface area contributed by atoms with Crippen molar-refractivity contribution in [2.75, 3.05) is 11.9 Å². The van der Waals surface area contributed by atoms with Crippen LogP contribution < -0.4 is 5.32 Å². The Morgan fingerprint density at radius 3 is 2.85 bits per heavy atom. The van der Waals surface area contributed by atoms with Crippen LogP contribution in [0.15, 0.2) is 49.1 Å². The van der Waals surface area contributed by atoms with Gasteiger partial charge in [0.1, 0.15) is 17.3 Å². The summed E-state index contributed by atoms with van der Waals surface area (Å²) in [6.07, 6.45) is 7.77. The van der Waals surface area contributed by atoms with Crippen LogP contribution in [0.2, 0.25) is 0 Å². The van der Waals surface area contributed by atoms with Gasteiger partial charge in [0.25, 0.3) is 0 Å². The van der Waals surface area contributed by atoms with E-state index in [-0.39, 0.29) is 0 Å². The molecular weight excluding hydrogens is 330 g/mol. The number of nitrogens with one attached hydrogen (secondary N) is 2. The highest BCUT2D eigenvalue weighted by atomic mass is 15.2. The molecule has 0 amide bonds. The summed E-state index contributed by atoms with van der Waals surface area (Å²) >= 11 is 0. The average molecular weight is 347 g/mol. The number of rotatable bonds is 6. The van der Waals surface area contributed by atoms with Crippen molar-refractivity contribution in [1.29, 1.82) is 0 Å². The van der Waals surface area contributed by atoms with E-state index >= 15 is 0 Å². The Bertz CT molecular complexity index is 973. The molecule has 0 aromatic carbocycles. The molecule has 130 valence electrons. The molecule has 0 aliphatic heterocycles. The van der Waals surface area contributed by atoms with E-state index in [9.17, 15) is 0 Å². The van der Waals surface area contributed by atoms with E-state index in [1.807, 2.05) is 42.1 Å².